The third-order valence-electron chi connectivity index (χ3n) is 10.8. The van der Waals surface area contributed by atoms with Gasteiger partial charge in [0.1, 0.15) is 11.9 Å². The summed E-state index contributed by atoms with van der Waals surface area (Å²) in [6.07, 6.45) is 22.2. The molecular formula is C45H82N2O6. The molecule has 53 heavy (non-hydrogen) atoms. The maximum atomic E-state index is 12.8. The summed E-state index contributed by atoms with van der Waals surface area (Å²) < 4.78 is 19.4. The lowest BCUT2D eigenvalue weighted by Crippen LogP contribution is -2.19. The highest BCUT2D eigenvalue weighted by molar-refractivity contribution is 5.70. The normalized spacial score (nSPS) is 13.5. The van der Waals surface area contributed by atoms with Gasteiger partial charge >= 0.3 is 17.9 Å². The number of carbonyl (C=O) groups excluding carboxylic acids is 3. The van der Waals surface area contributed by atoms with E-state index in [0.29, 0.717) is 68.0 Å². The highest BCUT2D eigenvalue weighted by Crippen LogP contribution is 2.23. The van der Waals surface area contributed by atoms with Crippen LogP contribution in [0.3, 0.4) is 0 Å². The Bertz CT molecular complexity index is 1030. The number of imidazole rings is 1. The molecule has 8 nitrogen and oxygen atoms in total. The van der Waals surface area contributed by atoms with Gasteiger partial charge in [-0.15, -0.1) is 0 Å². The van der Waals surface area contributed by atoms with Crippen LogP contribution in [0.1, 0.15) is 190 Å². The highest BCUT2D eigenvalue weighted by atomic mass is 16.5. The van der Waals surface area contributed by atoms with Crippen molar-refractivity contribution in [2.75, 3.05) is 13.2 Å². The number of unbranched alkanes of at least 4 members (excludes halogenated alkanes) is 8. The summed E-state index contributed by atoms with van der Waals surface area (Å²) >= 11 is 0. The zero-order chi connectivity index (χ0) is 39.4. The maximum Gasteiger partial charge on any atom is 0.306 e. The molecule has 0 N–H and O–H groups in total. The number of aromatic nitrogens is 2. The molecule has 0 aliphatic heterocycles. The number of aryl methyl sites for hydroxylation is 2. The number of hydrogen-bond donors (Lipinski definition) is 0. The van der Waals surface area contributed by atoms with Crippen molar-refractivity contribution in [3.8, 4) is 0 Å². The van der Waals surface area contributed by atoms with Crippen LogP contribution in [0.15, 0.2) is 12.4 Å². The lowest BCUT2D eigenvalue weighted by atomic mass is 9.89. The third-order valence-corrected chi connectivity index (χ3v) is 10.8. The van der Waals surface area contributed by atoms with Crippen LogP contribution >= 0.6 is 0 Å². The van der Waals surface area contributed by atoms with Gasteiger partial charge in [-0.05, 0) is 100 Å². The molecule has 0 fully saturated rings. The molecule has 2 atom stereocenters. The van der Waals surface area contributed by atoms with E-state index in [1.807, 2.05) is 13.1 Å². The van der Waals surface area contributed by atoms with E-state index >= 15 is 0 Å². The SMILES string of the molecule is Cc1nccn1CCCC(=O)OC(CCCCCCCC(=O)OCC(CCC(C)C)C(C)C)CCCCCCCC(=O)OCC(CCC(C)C)C(C)C. The quantitative estimate of drug-likeness (QED) is 0.0401. The van der Waals surface area contributed by atoms with Gasteiger partial charge in [-0.2, -0.15) is 0 Å². The molecular weight excluding hydrogens is 665 g/mol. The number of carbonyl (C=O) groups is 3. The molecule has 0 bridgehead atoms. The Morgan fingerprint density at radius 1 is 0.566 bits per heavy atom. The van der Waals surface area contributed by atoms with Crippen LogP contribution in [0, 0.1) is 42.4 Å². The number of rotatable bonds is 33. The van der Waals surface area contributed by atoms with E-state index in [4.69, 9.17) is 14.2 Å². The highest BCUT2D eigenvalue weighted by Gasteiger charge is 2.18. The second-order valence-corrected chi connectivity index (χ2v) is 17.3. The van der Waals surface area contributed by atoms with Gasteiger partial charge in [0.2, 0.25) is 0 Å². The molecule has 0 amide bonds. The predicted octanol–water partition coefficient (Wildman–Crippen LogP) is 11.8. The molecule has 1 aromatic heterocycles. The second kappa shape index (κ2) is 29.9. The monoisotopic (exact) mass is 747 g/mol. The fraction of sp³-hybridized carbons (Fsp3) is 0.867. The van der Waals surface area contributed by atoms with Gasteiger partial charge in [-0.1, -0.05) is 107 Å². The van der Waals surface area contributed by atoms with Crippen LogP contribution in [0.25, 0.3) is 0 Å². The lowest BCUT2D eigenvalue weighted by molar-refractivity contribution is -0.150. The van der Waals surface area contributed by atoms with E-state index in [1.54, 1.807) is 6.20 Å². The van der Waals surface area contributed by atoms with Crippen molar-refractivity contribution in [2.24, 2.45) is 35.5 Å². The zero-order valence-electron chi connectivity index (χ0n) is 35.8. The second-order valence-electron chi connectivity index (χ2n) is 17.3. The molecule has 0 aliphatic carbocycles. The first-order valence-corrected chi connectivity index (χ1v) is 21.8. The smallest absolute Gasteiger partial charge is 0.306 e. The molecule has 2 unspecified atom stereocenters. The topological polar surface area (TPSA) is 96.7 Å². The summed E-state index contributed by atoms with van der Waals surface area (Å²) in [5.41, 5.74) is 0. The molecule has 0 aliphatic rings. The molecule has 0 aromatic carbocycles. The molecule has 0 radical (unpaired) electrons. The van der Waals surface area contributed by atoms with Crippen molar-refractivity contribution >= 4 is 17.9 Å². The van der Waals surface area contributed by atoms with Crippen molar-refractivity contribution in [1.29, 1.82) is 0 Å². The molecule has 1 rings (SSSR count). The van der Waals surface area contributed by atoms with Crippen molar-refractivity contribution < 1.29 is 28.6 Å². The first-order valence-electron chi connectivity index (χ1n) is 21.8. The van der Waals surface area contributed by atoms with E-state index in [1.165, 1.54) is 12.8 Å². The Balaban J connectivity index is 2.37. The van der Waals surface area contributed by atoms with E-state index < -0.39 is 0 Å². The molecule has 1 aromatic rings. The summed E-state index contributed by atoms with van der Waals surface area (Å²) in [7, 11) is 0. The van der Waals surface area contributed by atoms with Crippen LogP contribution in [-0.4, -0.2) is 46.8 Å². The minimum atomic E-state index is -0.113. The van der Waals surface area contributed by atoms with Gasteiger partial charge in [0.15, 0.2) is 0 Å². The summed E-state index contributed by atoms with van der Waals surface area (Å²) in [4.78, 5) is 41.8. The van der Waals surface area contributed by atoms with Gasteiger partial charge < -0.3 is 18.8 Å². The zero-order valence-corrected chi connectivity index (χ0v) is 35.8. The number of nitrogens with zero attached hydrogens (tertiary/aromatic N) is 2. The van der Waals surface area contributed by atoms with Crippen molar-refractivity contribution in [3.05, 3.63) is 18.2 Å². The summed E-state index contributed by atoms with van der Waals surface area (Å²) in [5, 5.41) is 0. The fourth-order valence-electron chi connectivity index (χ4n) is 6.74. The Morgan fingerprint density at radius 3 is 1.42 bits per heavy atom. The lowest BCUT2D eigenvalue weighted by Gasteiger charge is -2.21. The molecule has 0 saturated heterocycles. The Morgan fingerprint density at radius 2 is 1.00 bits per heavy atom. The Labute approximate surface area is 325 Å². The third kappa shape index (κ3) is 26.1. The van der Waals surface area contributed by atoms with Crippen LogP contribution in [0.5, 0.6) is 0 Å². The summed E-state index contributed by atoms with van der Waals surface area (Å²) in [5.74, 6) is 3.96. The molecule has 8 heteroatoms. The van der Waals surface area contributed by atoms with E-state index in [0.717, 1.165) is 109 Å². The average Bonchev–Trinajstić information content (AvgIpc) is 3.50. The van der Waals surface area contributed by atoms with Gasteiger partial charge in [0.05, 0.1) is 13.2 Å². The Hall–Kier alpha value is -2.38. The number of hydrogen-bond acceptors (Lipinski definition) is 7. The minimum Gasteiger partial charge on any atom is -0.465 e. The average molecular weight is 747 g/mol. The van der Waals surface area contributed by atoms with Crippen molar-refractivity contribution in [3.63, 3.8) is 0 Å². The minimum absolute atomic E-state index is 0.0587. The largest absolute Gasteiger partial charge is 0.465 e. The van der Waals surface area contributed by atoms with E-state index in [-0.39, 0.29) is 24.0 Å². The van der Waals surface area contributed by atoms with Gasteiger partial charge in [0, 0.05) is 38.2 Å². The molecule has 0 spiro atoms. The molecule has 0 saturated carbocycles. The van der Waals surface area contributed by atoms with Crippen LogP contribution in [0.4, 0.5) is 0 Å². The predicted molar refractivity (Wildman–Crippen MR) is 217 cm³/mol. The van der Waals surface area contributed by atoms with Gasteiger partial charge in [-0.25, -0.2) is 4.98 Å². The number of ether oxygens (including phenoxy) is 3. The van der Waals surface area contributed by atoms with Crippen LogP contribution < -0.4 is 0 Å². The fourth-order valence-corrected chi connectivity index (χ4v) is 6.74. The van der Waals surface area contributed by atoms with E-state index in [9.17, 15) is 14.4 Å². The van der Waals surface area contributed by atoms with Gasteiger partial charge in [-0.3, -0.25) is 14.4 Å². The van der Waals surface area contributed by atoms with Crippen molar-refractivity contribution in [2.45, 2.75) is 203 Å². The Kier molecular flexibility index (Phi) is 27.5. The standard InChI is InChI=1S/C45H82N2O6/c1-35(2)26-28-40(37(5)6)33-51-43(48)23-18-14-10-12-16-21-42(53-45(50)25-20-31-47-32-30-46-39(47)9)22-17-13-11-15-19-24-44(49)52-34-41(38(7)8)29-27-36(3)4/h30,32,35-38,40-42H,10-29,31,33-34H2,1-9H3. The molecule has 308 valence electrons. The van der Waals surface area contributed by atoms with E-state index in [2.05, 4.69) is 64.9 Å². The van der Waals surface area contributed by atoms with Crippen molar-refractivity contribution in [1.82, 2.24) is 9.55 Å². The maximum absolute atomic E-state index is 12.8. The van der Waals surface area contributed by atoms with Crippen LogP contribution in [-0.2, 0) is 35.1 Å². The molecule has 1 heterocycles. The van der Waals surface area contributed by atoms with Gasteiger partial charge in [0.25, 0.3) is 0 Å². The number of esters is 3. The first-order chi connectivity index (χ1) is 25.3. The van der Waals surface area contributed by atoms with Crippen LogP contribution in [0.2, 0.25) is 0 Å². The first kappa shape index (κ1) is 48.6. The summed E-state index contributed by atoms with van der Waals surface area (Å²) in [6.45, 7) is 21.7. The summed E-state index contributed by atoms with van der Waals surface area (Å²) in [6, 6.07) is 0.